The van der Waals surface area contributed by atoms with E-state index in [0.29, 0.717) is 18.3 Å². The average Bonchev–Trinajstić information content (AvgIpc) is 2.83. The van der Waals surface area contributed by atoms with Gasteiger partial charge in [0, 0.05) is 5.54 Å². The lowest BCUT2D eigenvalue weighted by Crippen LogP contribution is -2.48. The standard InChI is InChI=1S/C12H21NO2/c1-8(2)7-13-12(6-11(14)15)4-3-9-5-10(9)12/h8-10,13H,3-7H2,1-2H3,(H,14,15). The molecule has 2 aliphatic rings. The molecule has 2 saturated carbocycles. The van der Waals surface area contributed by atoms with E-state index in [0.717, 1.165) is 18.9 Å². The van der Waals surface area contributed by atoms with Crippen LogP contribution in [-0.4, -0.2) is 23.2 Å². The molecule has 3 heteroatoms. The lowest BCUT2D eigenvalue weighted by Gasteiger charge is -2.32. The largest absolute Gasteiger partial charge is 0.481 e. The summed E-state index contributed by atoms with van der Waals surface area (Å²) in [6.07, 6.45) is 3.84. The van der Waals surface area contributed by atoms with Gasteiger partial charge in [-0.3, -0.25) is 4.79 Å². The van der Waals surface area contributed by atoms with Crippen molar-refractivity contribution in [1.82, 2.24) is 5.32 Å². The Labute approximate surface area is 91.2 Å². The van der Waals surface area contributed by atoms with Crippen LogP contribution in [0.25, 0.3) is 0 Å². The van der Waals surface area contributed by atoms with Crippen molar-refractivity contribution < 1.29 is 9.90 Å². The zero-order chi connectivity index (χ0) is 11.1. The fraction of sp³-hybridized carbons (Fsp3) is 0.917. The normalized spacial score (nSPS) is 38.1. The number of hydrogen-bond acceptors (Lipinski definition) is 2. The highest BCUT2D eigenvalue weighted by atomic mass is 16.4. The highest BCUT2D eigenvalue weighted by Gasteiger charge is 2.58. The SMILES string of the molecule is CC(C)CNC1(CC(=O)O)CCC2CC21. The molecular weight excluding hydrogens is 190 g/mol. The van der Waals surface area contributed by atoms with Crippen molar-refractivity contribution in [3.05, 3.63) is 0 Å². The molecule has 3 atom stereocenters. The minimum atomic E-state index is -0.654. The van der Waals surface area contributed by atoms with Crippen molar-refractivity contribution in [3.63, 3.8) is 0 Å². The molecule has 0 saturated heterocycles. The second kappa shape index (κ2) is 3.78. The Morgan fingerprint density at radius 1 is 1.60 bits per heavy atom. The predicted molar refractivity (Wildman–Crippen MR) is 58.7 cm³/mol. The second-order valence-electron chi connectivity index (χ2n) is 5.64. The van der Waals surface area contributed by atoms with Crippen molar-refractivity contribution in [3.8, 4) is 0 Å². The molecule has 0 aromatic rings. The summed E-state index contributed by atoms with van der Waals surface area (Å²) in [5, 5.41) is 12.5. The summed E-state index contributed by atoms with van der Waals surface area (Å²) in [7, 11) is 0. The summed E-state index contributed by atoms with van der Waals surface area (Å²) in [6.45, 7) is 5.28. The number of fused-ring (bicyclic) bond motifs is 1. The Morgan fingerprint density at radius 2 is 2.33 bits per heavy atom. The van der Waals surface area contributed by atoms with Gasteiger partial charge < -0.3 is 10.4 Å². The van der Waals surface area contributed by atoms with Gasteiger partial charge in [0.1, 0.15) is 0 Å². The molecule has 2 rings (SSSR count). The lowest BCUT2D eigenvalue weighted by atomic mass is 9.88. The first-order valence-electron chi connectivity index (χ1n) is 6.00. The molecule has 3 nitrogen and oxygen atoms in total. The van der Waals surface area contributed by atoms with E-state index in [1.165, 1.54) is 12.8 Å². The van der Waals surface area contributed by atoms with Crippen molar-refractivity contribution >= 4 is 5.97 Å². The summed E-state index contributed by atoms with van der Waals surface area (Å²) < 4.78 is 0. The van der Waals surface area contributed by atoms with Gasteiger partial charge >= 0.3 is 5.97 Å². The monoisotopic (exact) mass is 211 g/mol. The van der Waals surface area contributed by atoms with Crippen molar-refractivity contribution in [2.75, 3.05) is 6.54 Å². The number of carboxylic acids is 1. The molecule has 0 heterocycles. The van der Waals surface area contributed by atoms with Crippen LogP contribution in [0.4, 0.5) is 0 Å². The van der Waals surface area contributed by atoms with E-state index in [4.69, 9.17) is 5.11 Å². The molecule has 0 radical (unpaired) electrons. The predicted octanol–water partition coefficient (Wildman–Crippen LogP) is 1.88. The maximum Gasteiger partial charge on any atom is 0.305 e. The third-order valence-corrected chi connectivity index (χ3v) is 3.92. The van der Waals surface area contributed by atoms with Gasteiger partial charge in [-0.15, -0.1) is 0 Å². The third-order valence-electron chi connectivity index (χ3n) is 3.92. The summed E-state index contributed by atoms with van der Waals surface area (Å²) in [6, 6.07) is 0. The topological polar surface area (TPSA) is 49.3 Å². The van der Waals surface area contributed by atoms with Crippen LogP contribution in [0.5, 0.6) is 0 Å². The minimum Gasteiger partial charge on any atom is -0.481 e. The van der Waals surface area contributed by atoms with E-state index in [2.05, 4.69) is 19.2 Å². The Kier molecular flexibility index (Phi) is 2.75. The average molecular weight is 211 g/mol. The van der Waals surface area contributed by atoms with E-state index in [9.17, 15) is 4.79 Å². The molecule has 0 bridgehead atoms. The third kappa shape index (κ3) is 2.17. The van der Waals surface area contributed by atoms with Crippen LogP contribution in [0.2, 0.25) is 0 Å². The summed E-state index contributed by atoms with van der Waals surface area (Å²) in [4.78, 5) is 10.9. The maximum absolute atomic E-state index is 10.9. The first kappa shape index (κ1) is 10.9. The number of aliphatic carboxylic acids is 1. The molecule has 15 heavy (non-hydrogen) atoms. The van der Waals surface area contributed by atoms with Gasteiger partial charge in [-0.25, -0.2) is 0 Å². The fourth-order valence-corrected chi connectivity index (χ4v) is 3.05. The molecule has 86 valence electrons. The molecule has 0 aromatic carbocycles. The van der Waals surface area contributed by atoms with Crippen LogP contribution >= 0.6 is 0 Å². The number of nitrogens with one attached hydrogen (secondary N) is 1. The van der Waals surface area contributed by atoms with Gasteiger partial charge in [0.2, 0.25) is 0 Å². The Hall–Kier alpha value is -0.570. The van der Waals surface area contributed by atoms with Crippen LogP contribution in [0, 0.1) is 17.8 Å². The maximum atomic E-state index is 10.9. The molecule has 0 spiro atoms. The smallest absolute Gasteiger partial charge is 0.305 e. The highest BCUT2D eigenvalue weighted by Crippen LogP contribution is 2.58. The number of carboxylic acid groups (broad SMARTS) is 1. The fourth-order valence-electron chi connectivity index (χ4n) is 3.05. The van der Waals surface area contributed by atoms with Gasteiger partial charge in [0.15, 0.2) is 0 Å². The molecule has 0 amide bonds. The van der Waals surface area contributed by atoms with Crippen molar-refractivity contribution in [1.29, 1.82) is 0 Å². The van der Waals surface area contributed by atoms with Gasteiger partial charge in [0.05, 0.1) is 6.42 Å². The zero-order valence-electron chi connectivity index (χ0n) is 9.62. The van der Waals surface area contributed by atoms with Crippen LogP contribution in [-0.2, 0) is 4.79 Å². The molecule has 2 fully saturated rings. The zero-order valence-corrected chi connectivity index (χ0v) is 9.62. The molecule has 3 unspecified atom stereocenters. The molecule has 2 N–H and O–H groups in total. The first-order chi connectivity index (χ1) is 7.03. The van der Waals surface area contributed by atoms with Crippen LogP contribution in [0.15, 0.2) is 0 Å². The van der Waals surface area contributed by atoms with Gasteiger partial charge in [-0.2, -0.15) is 0 Å². The Balaban J connectivity index is 1.99. The van der Waals surface area contributed by atoms with Gasteiger partial charge in [-0.05, 0) is 43.6 Å². The van der Waals surface area contributed by atoms with Crippen LogP contribution < -0.4 is 5.32 Å². The molecular formula is C12H21NO2. The number of rotatable bonds is 5. The summed E-state index contributed by atoms with van der Waals surface area (Å²) in [5.41, 5.74) is -0.0687. The number of hydrogen-bond donors (Lipinski definition) is 2. The second-order valence-corrected chi connectivity index (χ2v) is 5.64. The molecule has 2 aliphatic carbocycles. The Morgan fingerprint density at radius 3 is 2.73 bits per heavy atom. The van der Waals surface area contributed by atoms with E-state index in [1.54, 1.807) is 0 Å². The lowest BCUT2D eigenvalue weighted by molar-refractivity contribution is -0.139. The Bertz CT molecular complexity index is 264. The van der Waals surface area contributed by atoms with Crippen molar-refractivity contribution in [2.45, 2.75) is 45.1 Å². The van der Waals surface area contributed by atoms with E-state index in [1.807, 2.05) is 0 Å². The molecule has 0 aromatic heterocycles. The van der Waals surface area contributed by atoms with Crippen LogP contribution in [0.3, 0.4) is 0 Å². The van der Waals surface area contributed by atoms with Crippen molar-refractivity contribution in [2.24, 2.45) is 17.8 Å². The highest BCUT2D eigenvalue weighted by molar-refractivity contribution is 5.68. The molecule has 0 aliphatic heterocycles. The van der Waals surface area contributed by atoms with Gasteiger partial charge in [-0.1, -0.05) is 13.8 Å². The minimum absolute atomic E-state index is 0.0687. The van der Waals surface area contributed by atoms with E-state index in [-0.39, 0.29) is 5.54 Å². The first-order valence-corrected chi connectivity index (χ1v) is 6.00. The summed E-state index contributed by atoms with van der Waals surface area (Å²) in [5.74, 6) is 1.41. The quantitative estimate of drug-likeness (QED) is 0.730. The summed E-state index contributed by atoms with van der Waals surface area (Å²) >= 11 is 0. The number of carbonyl (C=O) groups is 1. The van der Waals surface area contributed by atoms with Crippen LogP contribution in [0.1, 0.15) is 39.5 Å². The van der Waals surface area contributed by atoms with E-state index < -0.39 is 5.97 Å². The van der Waals surface area contributed by atoms with E-state index >= 15 is 0 Å². The van der Waals surface area contributed by atoms with Gasteiger partial charge in [0.25, 0.3) is 0 Å².